The maximum absolute atomic E-state index is 13.8. The lowest BCUT2D eigenvalue weighted by Gasteiger charge is -2.43. The molecule has 1 spiro atoms. The van der Waals surface area contributed by atoms with E-state index in [9.17, 15) is 14.4 Å². The molecule has 1 saturated heterocycles. The van der Waals surface area contributed by atoms with Crippen LogP contribution < -0.4 is 10.6 Å². The number of anilines is 1. The Bertz CT molecular complexity index is 1640. The number of hydrogen-bond donors (Lipinski definition) is 2. The van der Waals surface area contributed by atoms with E-state index in [2.05, 4.69) is 34.7 Å². The highest BCUT2D eigenvalue weighted by Crippen LogP contribution is 2.47. The van der Waals surface area contributed by atoms with Crippen molar-refractivity contribution in [3.05, 3.63) is 100 Å². The van der Waals surface area contributed by atoms with Crippen molar-refractivity contribution >= 4 is 29.6 Å². The van der Waals surface area contributed by atoms with Gasteiger partial charge in [0.15, 0.2) is 0 Å². The molecule has 7 rings (SSSR count). The molecule has 9 heteroatoms. The summed E-state index contributed by atoms with van der Waals surface area (Å²) in [7, 11) is 0. The van der Waals surface area contributed by atoms with E-state index in [1.165, 1.54) is 0 Å². The molecule has 44 heavy (non-hydrogen) atoms. The van der Waals surface area contributed by atoms with Crippen LogP contribution in [0.15, 0.2) is 66.9 Å². The highest BCUT2D eigenvalue weighted by molar-refractivity contribution is 6.06. The van der Waals surface area contributed by atoms with Gasteiger partial charge >= 0.3 is 0 Å². The van der Waals surface area contributed by atoms with Crippen LogP contribution in [0.1, 0.15) is 57.4 Å². The van der Waals surface area contributed by atoms with Gasteiger partial charge in [-0.3, -0.25) is 14.4 Å². The molecular weight excluding hydrogens is 556 g/mol. The second-order valence-electron chi connectivity index (χ2n) is 12.2. The lowest BCUT2D eigenvalue weighted by molar-refractivity contribution is -0.140. The fourth-order valence-corrected chi connectivity index (χ4v) is 7.23. The van der Waals surface area contributed by atoms with Gasteiger partial charge in [0.2, 0.25) is 11.8 Å². The molecule has 226 valence electrons. The molecule has 3 aliphatic heterocycles. The number of nitrogens with zero attached hydrogens (tertiary/aromatic N) is 2. The fourth-order valence-electron chi connectivity index (χ4n) is 7.23. The molecule has 9 nitrogen and oxygen atoms in total. The van der Waals surface area contributed by atoms with Crippen LogP contribution in [0.3, 0.4) is 0 Å². The summed E-state index contributed by atoms with van der Waals surface area (Å²) in [4.78, 5) is 47.2. The van der Waals surface area contributed by atoms with E-state index in [1.807, 2.05) is 53.5 Å². The summed E-state index contributed by atoms with van der Waals surface area (Å²) >= 11 is 0. The van der Waals surface area contributed by atoms with Crippen LogP contribution in [0.2, 0.25) is 0 Å². The number of aromatic nitrogens is 1. The Hall–Kier alpha value is -4.34. The van der Waals surface area contributed by atoms with Crippen LogP contribution in [-0.2, 0) is 37.3 Å². The summed E-state index contributed by atoms with van der Waals surface area (Å²) in [6.07, 6.45) is 7.15. The van der Waals surface area contributed by atoms with Crippen molar-refractivity contribution in [2.45, 2.75) is 49.6 Å². The van der Waals surface area contributed by atoms with Crippen molar-refractivity contribution < 1.29 is 23.9 Å². The molecule has 2 aromatic carbocycles. The van der Waals surface area contributed by atoms with Gasteiger partial charge in [-0.25, -0.2) is 4.98 Å². The molecule has 3 aromatic rings. The topological polar surface area (TPSA) is 110 Å². The zero-order valence-electron chi connectivity index (χ0n) is 24.8. The molecular formula is C35H36N4O5. The monoisotopic (exact) mass is 592 g/mol. The number of carbonyl (C=O) groups is 3. The number of benzene rings is 2. The van der Waals surface area contributed by atoms with E-state index in [1.54, 1.807) is 12.3 Å². The summed E-state index contributed by atoms with van der Waals surface area (Å²) < 4.78 is 11.6. The minimum Gasteiger partial charge on any atom is -0.377 e. The van der Waals surface area contributed by atoms with E-state index >= 15 is 0 Å². The van der Waals surface area contributed by atoms with Crippen molar-refractivity contribution in [1.82, 2.24) is 15.2 Å². The van der Waals surface area contributed by atoms with Crippen molar-refractivity contribution in [2.24, 2.45) is 0 Å². The Labute approximate surface area is 256 Å². The average molecular weight is 593 g/mol. The van der Waals surface area contributed by atoms with Gasteiger partial charge in [0.1, 0.15) is 11.9 Å². The van der Waals surface area contributed by atoms with Gasteiger partial charge in [0, 0.05) is 35.8 Å². The molecule has 0 radical (unpaired) electrons. The Kier molecular flexibility index (Phi) is 7.52. The molecule has 1 aliphatic carbocycles. The molecule has 7 bridgehead atoms. The van der Waals surface area contributed by atoms with Gasteiger partial charge in [-0.15, -0.1) is 0 Å². The highest BCUT2D eigenvalue weighted by Gasteiger charge is 2.51. The first kappa shape index (κ1) is 28.4. The third-order valence-electron chi connectivity index (χ3n) is 9.59. The van der Waals surface area contributed by atoms with Crippen LogP contribution in [0.25, 0.3) is 6.08 Å². The Morgan fingerprint density at radius 3 is 2.64 bits per heavy atom. The predicted molar refractivity (Wildman–Crippen MR) is 165 cm³/mol. The minimum atomic E-state index is -0.770. The van der Waals surface area contributed by atoms with Gasteiger partial charge in [0.25, 0.3) is 5.91 Å². The average Bonchev–Trinajstić information content (AvgIpc) is 3.55. The second-order valence-corrected chi connectivity index (χ2v) is 12.2. The largest absolute Gasteiger partial charge is 0.377 e. The maximum atomic E-state index is 13.8. The summed E-state index contributed by atoms with van der Waals surface area (Å²) in [5.74, 6) is 0.166. The van der Waals surface area contributed by atoms with Crippen molar-refractivity contribution in [2.75, 3.05) is 38.3 Å². The summed E-state index contributed by atoms with van der Waals surface area (Å²) in [5.41, 5.74) is 4.61. The molecule has 2 N–H and O–H groups in total. The predicted octanol–water partition coefficient (Wildman–Crippen LogP) is 3.63. The molecule has 3 amide bonds. The molecule has 4 atom stereocenters. The lowest BCUT2D eigenvalue weighted by Crippen LogP contribution is -2.58. The first-order chi connectivity index (χ1) is 21.4. The summed E-state index contributed by atoms with van der Waals surface area (Å²) in [6.45, 7) is 4.10. The first-order valence-electron chi connectivity index (χ1n) is 15.3. The summed E-state index contributed by atoms with van der Waals surface area (Å²) in [5, 5.41) is 6.03. The van der Waals surface area contributed by atoms with Crippen molar-refractivity contribution in [3.8, 4) is 0 Å². The third-order valence-corrected chi connectivity index (χ3v) is 9.59. The van der Waals surface area contributed by atoms with Crippen molar-refractivity contribution in [1.29, 1.82) is 0 Å². The number of carbonyl (C=O) groups excluding carboxylic acids is 3. The van der Waals surface area contributed by atoms with E-state index in [4.69, 9.17) is 9.47 Å². The molecule has 4 aliphatic rings. The van der Waals surface area contributed by atoms with E-state index in [0.29, 0.717) is 63.6 Å². The Morgan fingerprint density at radius 2 is 1.77 bits per heavy atom. The number of rotatable bonds is 1. The smallest absolute Gasteiger partial charge is 0.251 e. The van der Waals surface area contributed by atoms with Gasteiger partial charge in [-0.05, 0) is 66.6 Å². The first-order valence-corrected chi connectivity index (χ1v) is 15.3. The van der Waals surface area contributed by atoms with Crippen molar-refractivity contribution in [3.63, 3.8) is 0 Å². The number of fused-ring (bicyclic) bond motifs is 4. The van der Waals surface area contributed by atoms with Crippen LogP contribution in [0, 0.1) is 0 Å². The number of pyridine rings is 1. The molecule has 1 fully saturated rings. The van der Waals surface area contributed by atoms with Crippen LogP contribution in [-0.4, -0.2) is 72.7 Å². The molecule has 1 aromatic heterocycles. The summed E-state index contributed by atoms with van der Waals surface area (Å²) in [6, 6.07) is 17.1. The lowest BCUT2D eigenvalue weighted by atomic mass is 9.79. The van der Waals surface area contributed by atoms with E-state index in [-0.39, 0.29) is 29.7 Å². The van der Waals surface area contributed by atoms with Gasteiger partial charge < -0.3 is 25.0 Å². The number of nitrogens with one attached hydrogen (secondary N) is 2. The number of hydrogen-bond acceptors (Lipinski definition) is 6. The van der Waals surface area contributed by atoms with Gasteiger partial charge in [-0.1, -0.05) is 48.6 Å². The standard InChI is InChI=1S/C35H36N4O5/c1-22-28(24-7-3-2-4-8-24)18-30-33(41)39(22)11-13-44-15-14-43-12-5-6-23-16-29-31(36-21-23)38-34(42)35(29)19-26-10-9-25(32(40)37-30)17-27(26)20-35/h2-10,16-17,21-22,28,30H,11-15,18-20H2,1H3,(H,37,40)(H,36,38,42)/b6-5+/t22?,28?,30?,35-/m1/s1. The molecule has 0 saturated carbocycles. The van der Waals surface area contributed by atoms with Gasteiger partial charge in [-0.2, -0.15) is 0 Å². The number of ether oxygens (including phenoxy) is 2. The number of piperidine rings is 1. The minimum absolute atomic E-state index is 0.0548. The molecule has 3 unspecified atom stereocenters. The van der Waals surface area contributed by atoms with Crippen LogP contribution >= 0.6 is 0 Å². The highest BCUT2D eigenvalue weighted by atomic mass is 16.5. The SMILES string of the molecule is CC1C(c2ccccc2)CC2NC(=O)c3ccc4c(c3)C[C@@]3(C4)C(=O)Nc4ncc(cc43)/C=C/COCCOCCN1C2=O. The zero-order chi connectivity index (χ0) is 30.3. The quantitative estimate of drug-likeness (QED) is 0.447. The third kappa shape index (κ3) is 5.10. The normalized spacial score (nSPS) is 27.7. The van der Waals surface area contributed by atoms with Crippen LogP contribution in [0.5, 0.6) is 0 Å². The Balaban J connectivity index is 1.21. The second kappa shape index (κ2) is 11.6. The van der Waals surface area contributed by atoms with Gasteiger partial charge in [0.05, 0.1) is 31.8 Å². The fraction of sp³-hybridized carbons (Fsp3) is 0.371. The number of amides is 3. The zero-order valence-corrected chi connectivity index (χ0v) is 24.8. The van der Waals surface area contributed by atoms with Crippen LogP contribution in [0.4, 0.5) is 5.82 Å². The van der Waals surface area contributed by atoms with E-state index < -0.39 is 11.5 Å². The maximum Gasteiger partial charge on any atom is 0.251 e. The Morgan fingerprint density at radius 1 is 0.955 bits per heavy atom. The van der Waals surface area contributed by atoms with E-state index in [0.717, 1.165) is 27.8 Å². The molecule has 4 heterocycles.